The molecule has 1 aromatic rings. The minimum absolute atomic E-state index is 0. The van der Waals surface area contributed by atoms with Crippen LogP contribution in [0, 0.1) is 20.8 Å². The van der Waals surface area contributed by atoms with Crippen LogP contribution in [0.2, 0.25) is 0 Å². The van der Waals surface area contributed by atoms with Crippen molar-refractivity contribution in [3.8, 4) is 5.75 Å². The third-order valence-electron chi connectivity index (χ3n) is 1.90. The number of nitrogens with zero attached hydrogens (tertiary/aromatic N) is 2. The molecule has 0 aliphatic rings. The highest BCUT2D eigenvalue weighted by molar-refractivity contribution is 5.40. The second-order valence-corrected chi connectivity index (χ2v) is 2.68. The van der Waals surface area contributed by atoms with Crippen molar-refractivity contribution < 1.29 is 4.74 Å². The second-order valence-electron chi connectivity index (χ2n) is 2.68. The standard InChI is InChI=1S/C9H13NO.N/c1-6-5-10-8(3)7(2)9(6)11-4;/h5H,1-4H3;. The molecule has 0 atom stereocenters. The van der Waals surface area contributed by atoms with E-state index in [-0.39, 0.29) is 6.15 Å². The monoisotopic (exact) mass is 165 g/mol. The summed E-state index contributed by atoms with van der Waals surface area (Å²) in [6.07, 6.45) is 1.83. The van der Waals surface area contributed by atoms with Gasteiger partial charge in [-0.3, -0.25) is 4.98 Å². The number of rotatable bonds is 1. The van der Waals surface area contributed by atoms with E-state index < -0.39 is 0 Å². The first-order chi connectivity index (χ1) is 5.16. The van der Waals surface area contributed by atoms with E-state index in [2.05, 4.69) is 4.98 Å². The Labute approximate surface area is 73.4 Å². The summed E-state index contributed by atoms with van der Waals surface area (Å²) in [5.41, 5.74) is 3.26. The SMILES string of the molecule is COc1c(C)cnc(C)c1C.[N]. The first-order valence-corrected chi connectivity index (χ1v) is 3.63. The summed E-state index contributed by atoms with van der Waals surface area (Å²) in [5, 5.41) is 0. The van der Waals surface area contributed by atoms with Crippen LogP contribution in [-0.2, 0) is 0 Å². The highest BCUT2D eigenvalue weighted by Gasteiger charge is 2.04. The number of ether oxygens (including phenoxy) is 1. The number of hydrogen-bond acceptors (Lipinski definition) is 2. The molecule has 65 valence electrons. The van der Waals surface area contributed by atoms with Crippen LogP contribution in [0.5, 0.6) is 5.75 Å². The van der Waals surface area contributed by atoms with Gasteiger partial charge in [0.15, 0.2) is 0 Å². The molecule has 3 radical (unpaired) electrons. The van der Waals surface area contributed by atoms with Crippen LogP contribution in [-0.4, -0.2) is 12.1 Å². The summed E-state index contributed by atoms with van der Waals surface area (Å²) in [6, 6.07) is 0. The summed E-state index contributed by atoms with van der Waals surface area (Å²) in [7, 11) is 1.69. The van der Waals surface area contributed by atoms with Gasteiger partial charge in [0.05, 0.1) is 7.11 Å². The summed E-state index contributed by atoms with van der Waals surface area (Å²) in [5.74, 6) is 0.956. The fourth-order valence-corrected chi connectivity index (χ4v) is 1.12. The van der Waals surface area contributed by atoms with Gasteiger partial charge in [-0.15, -0.1) is 0 Å². The molecule has 3 heteroatoms. The topological polar surface area (TPSA) is 52.6 Å². The molecule has 0 N–H and O–H groups in total. The lowest BCUT2D eigenvalue weighted by molar-refractivity contribution is 0.407. The molecule has 0 unspecified atom stereocenters. The molecule has 0 saturated heterocycles. The molecule has 0 amide bonds. The Bertz CT molecular complexity index is 271. The third-order valence-corrected chi connectivity index (χ3v) is 1.90. The zero-order valence-electron chi connectivity index (χ0n) is 7.88. The molecular formula is C9H13N2O. The van der Waals surface area contributed by atoms with Gasteiger partial charge in [-0.1, -0.05) is 0 Å². The Hall–Kier alpha value is -1.09. The Morgan fingerprint density at radius 2 is 1.83 bits per heavy atom. The quantitative estimate of drug-likeness (QED) is 0.633. The van der Waals surface area contributed by atoms with Crippen molar-refractivity contribution in [3.63, 3.8) is 0 Å². The fraction of sp³-hybridized carbons (Fsp3) is 0.444. The van der Waals surface area contributed by atoms with Crippen molar-refractivity contribution in [3.05, 3.63) is 23.0 Å². The van der Waals surface area contributed by atoms with Crippen LogP contribution in [0.25, 0.3) is 0 Å². The summed E-state index contributed by atoms with van der Waals surface area (Å²) >= 11 is 0. The minimum Gasteiger partial charge on any atom is -0.496 e. The molecule has 0 spiro atoms. The smallest absolute Gasteiger partial charge is 0.128 e. The van der Waals surface area contributed by atoms with Gasteiger partial charge in [0.25, 0.3) is 0 Å². The van der Waals surface area contributed by atoms with Gasteiger partial charge >= 0.3 is 0 Å². The number of methoxy groups -OCH3 is 1. The van der Waals surface area contributed by atoms with Gasteiger partial charge in [0.1, 0.15) is 5.75 Å². The molecular weight excluding hydrogens is 152 g/mol. The zero-order chi connectivity index (χ0) is 8.43. The first-order valence-electron chi connectivity index (χ1n) is 3.63. The van der Waals surface area contributed by atoms with Crippen molar-refractivity contribution in [2.75, 3.05) is 7.11 Å². The number of aromatic nitrogens is 1. The van der Waals surface area contributed by atoms with E-state index in [1.165, 1.54) is 0 Å². The predicted molar refractivity (Wildman–Crippen MR) is 47.1 cm³/mol. The van der Waals surface area contributed by atoms with Crippen LogP contribution < -0.4 is 10.9 Å². The Morgan fingerprint density at radius 3 is 2.25 bits per heavy atom. The zero-order valence-corrected chi connectivity index (χ0v) is 7.88. The molecule has 0 fully saturated rings. The third kappa shape index (κ3) is 1.74. The van der Waals surface area contributed by atoms with Crippen molar-refractivity contribution in [2.45, 2.75) is 20.8 Å². The number of hydrogen-bond donors (Lipinski definition) is 0. The van der Waals surface area contributed by atoms with Crippen LogP contribution in [0.3, 0.4) is 0 Å². The lowest BCUT2D eigenvalue weighted by Crippen LogP contribution is -1.95. The second kappa shape index (κ2) is 4.07. The van der Waals surface area contributed by atoms with E-state index in [1.54, 1.807) is 7.11 Å². The molecule has 0 aliphatic heterocycles. The van der Waals surface area contributed by atoms with Crippen molar-refractivity contribution >= 4 is 0 Å². The molecule has 1 heterocycles. The van der Waals surface area contributed by atoms with Gasteiger partial charge in [-0.25, -0.2) is 0 Å². The van der Waals surface area contributed by atoms with Crippen molar-refractivity contribution in [1.29, 1.82) is 0 Å². The number of pyridine rings is 1. The molecule has 0 saturated carbocycles. The molecule has 3 nitrogen and oxygen atoms in total. The predicted octanol–water partition coefficient (Wildman–Crippen LogP) is 1.53. The maximum atomic E-state index is 5.22. The van der Waals surface area contributed by atoms with Gasteiger partial charge in [-0.05, 0) is 20.8 Å². The largest absolute Gasteiger partial charge is 0.496 e. The molecule has 0 aliphatic carbocycles. The number of aryl methyl sites for hydroxylation is 2. The van der Waals surface area contributed by atoms with E-state index in [0.717, 1.165) is 22.6 Å². The Balaban J connectivity index is 0.00000121. The maximum absolute atomic E-state index is 5.22. The average molecular weight is 165 g/mol. The van der Waals surface area contributed by atoms with Crippen molar-refractivity contribution in [1.82, 2.24) is 11.1 Å². The normalized spacial score (nSPS) is 9.00. The average Bonchev–Trinajstić information content (AvgIpc) is 1.99. The minimum atomic E-state index is 0. The highest BCUT2D eigenvalue weighted by atomic mass is 16.5. The Kier molecular flexibility index (Phi) is 3.70. The molecule has 12 heavy (non-hydrogen) atoms. The van der Waals surface area contributed by atoms with Crippen LogP contribution in [0.4, 0.5) is 0 Å². The highest BCUT2D eigenvalue weighted by Crippen LogP contribution is 2.22. The van der Waals surface area contributed by atoms with E-state index >= 15 is 0 Å². The summed E-state index contributed by atoms with van der Waals surface area (Å²) in [6.45, 7) is 6.00. The van der Waals surface area contributed by atoms with Crippen molar-refractivity contribution in [2.24, 2.45) is 0 Å². The van der Waals surface area contributed by atoms with Gasteiger partial charge in [0.2, 0.25) is 0 Å². The Morgan fingerprint density at radius 1 is 1.25 bits per heavy atom. The molecule has 0 aromatic carbocycles. The molecule has 1 rings (SSSR count). The van der Waals surface area contributed by atoms with Crippen LogP contribution in [0.15, 0.2) is 6.20 Å². The van der Waals surface area contributed by atoms with E-state index in [0.29, 0.717) is 0 Å². The van der Waals surface area contributed by atoms with Crippen LogP contribution in [0.1, 0.15) is 16.8 Å². The first kappa shape index (κ1) is 10.9. The maximum Gasteiger partial charge on any atom is 0.128 e. The van der Waals surface area contributed by atoms with Crippen LogP contribution >= 0.6 is 0 Å². The molecule has 0 bridgehead atoms. The summed E-state index contributed by atoms with van der Waals surface area (Å²) in [4.78, 5) is 4.21. The molecule has 1 aromatic heterocycles. The van der Waals surface area contributed by atoms with Gasteiger partial charge in [-0.2, -0.15) is 0 Å². The lowest BCUT2D eigenvalue weighted by atomic mass is 10.1. The summed E-state index contributed by atoms with van der Waals surface area (Å²) < 4.78 is 5.22. The van der Waals surface area contributed by atoms with E-state index in [4.69, 9.17) is 4.74 Å². The van der Waals surface area contributed by atoms with Gasteiger partial charge in [0, 0.05) is 29.2 Å². The lowest BCUT2D eigenvalue weighted by Gasteiger charge is -2.08. The van der Waals surface area contributed by atoms with Gasteiger partial charge < -0.3 is 4.74 Å². The fourth-order valence-electron chi connectivity index (χ4n) is 1.12. The van der Waals surface area contributed by atoms with E-state index in [1.807, 2.05) is 27.0 Å². The van der Waals surface area contributed by atoms with E-state index in [9.17, 15) is 0 Å².